The number of phenolic OH excluding ortho intramolecular Hbond substituents is 1. The third-order valence-corrected chi connectivity index (χ3v) is 2.15. The molecule has 0 bridgehead atoms. The number of nitrogens with zero attached hydrogens (tertiary/aromatic N) is 1. The van der Waals surface area contributed by atoms with Gasteiger partial charge in [0.1, 0.15) is 5.75 Å². The fourth-order valence-corrected chi connectivity index (χ4v) is 1.52. The minimum Gasteiger partial charge on any atom is -0.508 e. The summed E-state index contributed by atoms with van der Waals surface area (Å²) in [4.78, 5) is 13.2. The van der Waals surface area contributed by atoms with Gasteiger partial charge in [0, 0.05) is 13.1 Å². The van der Waals surface area contributed by atoms with Gasteiger partial charge in [-0.05, 0) is 31.7 Å². The second-order valence-corrected chi connectivity index (χ2v) is 3.80. The van der Waals surface area contributed by atoms with E-state index < -0.39 is 0 Å². The Labute approximate surface area is 95.9 Å². The SMILES string of the molecule is CCNC(=O)CN(C)Cc1cccc(O)c1. The zero-order valence-electron chi connectivity index (χ0n) is 9.73. The molecular weight excluding hydrogens is 204 g/mol. The van der Waals surface area contributed by atoms with Crippen LogP contribution in [0.25, 0.3) is 0 Å². The van der Waals surface area contributed by atoms with Crippen molar-refractivity contribution in [2.75, 3.05) is 20.1 Å². The maximum Gasteiger partial charge on any atom is 0.234 e. The standard InChI is InChI=1S/C12H18N2O2/c1-3-13-12(16)9-14(2)8-10-5-4-6-11(15)7-10/h4-7,15H,3,8-9H2,1-2H3,(H,13,16). The van der Waals surface area contributed by atoms with Gasteiger partial charge in [-0.2, -0.15) is 0 Å². The Hall–Kier alpha value is -1.55. The van der Waals surface area contributed by atoms with Crippen LogP contribution in [0.5, 0.6) is 5.75 Å². The Kier molecular flexibility index (Phi) is 4.79. The Morgan fingerprint density at radius 3 is 2.88 bits per heavy atom. The van der Waals surface area contributed by atoms with Crippen molar-refractivity contribution < 1.29 is 9.90 Å². The predicted molar refractivity (Wildman–Crippen MR) is 63.1 cm³/mol. The molecule has 1 rings (SSSR count). The molecule has 88 valence electrons. The summed E-state index contributed by atoms with van der Waals surface area (Å²) in [5.41, 5.74) is 0.992. The molecule has 4 nitrogen and oxygen atoms in total. The van der Waals surface area contributed by atoms with E-state index in [0.717, 1.165) is 5.56 Å². The molecule has 0 heterocycles. The summed E-state index contributed by atoms with van der Waals surface area (Å²) in [6.45, 7) is 3.56. The van der Waals surface area contributed by atoms with Crippen molar-refractivity contribution in [3.05, 3.63) is 29.8 Å². The van der Waals surface area contributed by atoms with Crippen molar-refractivity contribution in [1.29, 1.82) is 0 Å². The third kappa shape index (κ3) is 4.31. The quantitative estimate of drug-likeness (QED) is 0.780. The first kappa shape index (κ1) is 12.5. The lowest BCUT2D eigenvalue weighted by atomic mass is 10.2. The summed E-state index contributed by atoms with van der Waals surface area (Å²) in [7, 11) is 1.87. The summed E-state index contributed by atoms with van der Waals surface area (Å²) in [5.74, 6) is 0.272. The molecule has 0 radical (unpaired) electrons. The van der Waals surface area contributed by atoms with Crippen LogP contribution >= 0.6 is 0 Å². The van der Waals surface area contributed by atoms with Crippen LogP contribution in [0.3, 0.4) is 0 Å². The topological polar surface area (TPSA) is 52.6 Å². The van der Waals surface area contributed by atoms with Gasteiger partial charge in [0.05, 0.1) is 6.54 Å². The second-order valence-electron chi connectivity index (χ2n) is 3.80. The molecular formula is C12H18N2O2. The maximum absolute atomic E-state index is 11.3. The molecule has 0 unspecified atom stereocenters. The summed E-state index contributed by atoms with van der Waals surface area (Å²) >= 11 is 0. The number of phenols is 1. The summed E-state index contributed by atoms with van der Waals surface area (Å²) in [6.07, 6.45) is 0. The van der Waals surface area contributed by atoms with Crippen LogP contribution in [-0.4, -0.2) is 36.1 Å². The van der Waals surface area contributed by atoms with Crippen molar-refractivity contribution >= 4 is 5.91 Å². The molecule has 0 aliphatic heterocycles. The Morgan fingerprint density at radius 2 is 2.25 bits per heavy atom. The van der Waals surface area contributed by atoms with E-state index in [4.69, 9.17) is 0 Å². The van der Waals surface area contributed by atoms with E-state index in [0.29, 0.717) is 19.6 Å². The van der Waals surface area contributed by atoms with E-state index in [1.807, 2.05) is 24.9 Å². The second kappa shape index (κ2) is 6.12. The minimum absolute atomic E-state index is 0.0187. The van der Waals surface area contributed by atoms with E-state index in [-0.39, 0.29) is 11.7 Å². The molecule has 4 heteroatoms. The minimum atomic E-state index is 0.0187. The van der Waals surface area contributed by atoms with Crippen molar-refractivity contribution in [3.63, 3.8) is 0 Å². The molecule has 0 aliphatic rings. The van der Waals surface area contributed by atoms with Crippen LogP contribution in [0.15, 0.2) is 24.3 Å². The number of carbonyl (C=O) groups excluding carboxylic acids is 1. The molecule has 0 aromatic heterocycles. The van der Waals surface area contributed by atoms with Crippen LogP contribution in [-0.2, 0) is 11.3 Å². The smallest absolute Gasteiger partial charge is 0.234 e. The zero-order chi connectivity index (χ0) is 12.0. The van der Waals surface area contributed by atoms with Crippen molar-refractivity contribution in [1.82, 2.24) is 10.2 Å². The van der Waals surface area contributed by atoms with Crippen LogP contribution in [0.2, 0.25) is 0 Å². The number of hydrogen-bond acceptors (Lipinski definition) is 3. The molecule has 16 heavy (non-hydrogen) atoms. The molecule has 0 fully saturated rings. The van der Waals surface area contributed by atoms with Crippen LogP contribution in [0.1, 0.15) is 12.5 Å². The maximum atomic E-state index is 11.3. The predicted octanol–water partition coefficient (Wildman–Crippen LogP) is 0.960. The number of aromatic hydroxyl groups is 1. The van der Waals surface area contributed by atoms with E-state index in [1.165, 1.54) is 0 Å². The monoisotopic (exact) mass is 222 g/mol. The van der Waals surface area contributed by atoms with Gasteiger partial charge in [0.15, 0.2) is 0 Å². The Bertz CT molecular complexity index is 353. The fraction of sp³-hybridized carbons (Fsp3) is 0.417. The van der Waals surface area contributed by atoms with Gasteiger partial charge < -0.3 is 10.4 Å². The first-order chi connectivity index (χ1) is 7.61. The number of amides is 1. The van der Waals surface area contributed by atoms with Crippen molar-refractivity contribution in [3.8, 4) is 5.75 Å². The molecule has 0 saturated carbocycles. The van der Waals surface area contributed by atoms with Gasteiger partial charge in [-0.1, -0.05) is 12.1 Å². The summed E-state index contributed by atoms with van der Waals surface area (Å²) in [5, 5.41) is 12.0. The van der Waals surface area contributed by atoms with Gasteiger partial charge in [-0.25, -0.2) is 0 Å². The van der Waals surface area contributed by atoms with E-state index in [9.17, 15) is 9.90 Å². The highest BCUT2D eigenvalue weighted by molar-refractivity contribution is 5.77. The van der Waals surface area contributed by atoms with Crippen LogP contribution in [0, 0.1) is 0 Å². The highest BCUT2D eigenvalue weighted by atomic mass is 16.3. The normalized spacial score (nSPS) is 10.4. The molecule has 1 aromatic carbocycles. The number of carbonyl (C=O) groups is 1. The highest BCUT2D eigenvalue weighted by Crippen LogP contribution is 2.12. The molecule has 1 aromatic rings. The Morgan fingerprint density at radius 1 is 1.50 bits per heavy atom. The van der Waals surface area contributed by atoms with Gasteiger partial charge in [-0.3, -0.25) is 9.69 Å². The largest absolute Gasteiger partial charge is 0.508 e. The van der Waals surface area contributed by atoms with E-state index in [1.54, 1.807) is 18.2 Å². The first-order valence-corrected chi connectivity index (χ1v) is 5.35. The molecule has 0 spiro atoms. The molecule has 0 aliphatic carbocycles. The molecule has 2 N–H and O–H groups in total. The summed E-state index contributed by atoms with van der Waals surface area (Å²) in [6, 6.07) is 7.06. The van der Waals surface area contributed by atoms with Gasteiger partial charge in [0.2, 0.25) is 5.91 Å². The Balaban J connectivity index is 2.45. The van der Waals surface area contributed by atoms with E-state index >= 15 is 0 Å². The van der Waals surface area contributed by atoms with Gasteiger partial charge in [-0.15, -0.1) is 0 Å². The van der Waals surface area contributed by atoms with Crippen molar-refractivity contribution in [2.24, 2.45) is 0 Å². The number of rotatable bonds is 5. The zero-order valence-corrected chi connectivity index (χ0v) is 9.73. The lowest BCUT2D eigenvalue weighted by Gasteiger charge is -2.16. The number of hydrogen-bond donors (Lipinski definition) is 2. The van der Waals surface area contributed by atoms with E-state index in [2.05, 4.69) is 5.32 Å². The number of nitrogens with one attached hydrogen (secondary N) is 1. The average Bonchev–Trinajstić information content (AvgIpc) is 2.17. The fourth-order valence-electron chi connectivity index (χ4n) is 1.52. The van der Waals surface area contributed by atoms with Gasteiger partial charge >= 0.3 is 0 Å². The first-order valence-electron chi connectivity index (χ1n) is 5.35. The lowest BCUT2D eigenvalue weighted by Crippen LogP contribution is -2.34. The van der Waals surface area contributed by atoms with Crippen LogP contribution in [0.4, 0.5) is 0 Å². The van der Waals surface area contributed by atoms with Gasteiger partial charge in [0.25, 0.3) is 0 Å². The molecule has 0 saturated heterocycles. The third-order valence-electron chi connectivity index (χ3n) is 2.15. The number of benzene rings is 1. The average molecular weight is 222 g/mol. The number of likely N-dealkylation sites (N-methyl/N-ethyl adjacent to an activating group) is 2. The highest BCUT2D eigenvalue weighted by Gasteiger charge is 2.06. The lowest BCUT2D eigenvalue weighted by molar-refractivity contribution is -0.121. The summed E-state index contributed by atoms with van der Waals surface area (Å²) < 4.78 is 0. The van der Waals surface area contributed by atoms with Crippen molar-refractivity contribution in [2.45, 2.75) is 13.5 Å². The molecule has 0 atom stereocenters. The van der Waals surface area contributed by atoms with Crippen LogP contribution < -0.4 is 5.32 Å². The molecule has 1 amide bonds.